The minimum absolute atomic E-state index is 0.0243. The van der Waals surface area contributed by atoms with Gasteiger partial charge in [-0.25, -0.2) is 4.98 Å². The van der Waals surface area contributed by atoms with E-state index in [-0.39, 0.29) is 17.7 Å². The second-order valence-electron chi connectivity index (χ2n) is 6.66. The second-order valence-corrected chi connectivity index (χ2v) is 6.66. The van der Waals surface area contributed by atoms with Crippen LogP contribution in [0, 0.1) is 5.92 Å². The van der Waals surface area contributed by atoms with E-state index >= 15 is 0 Å². The summed E-state index contributed by atoms with van der Waals surface area (Å²) in [6, 6.07) is 1.74. The highest BCUT2D eigenvalue weighted by molar-refractivity contribution is 5.93. The van der Waals surface area contributed by atoms with E-state index in [9.17, 15) is 14.4 Å². The van der Waals surface area contributed by atoms with Crippen LogP contribution in [0.3, 0.4) is 0 Å². The van der Waals surface area contributed by atoms with E-state index in [2.05, 4.69) is 30.9 Å². The Hall–Kier alpha value is -3.10. The lowest BCUT2D eigenvalue weighted by Gasteiger charge is -2.07. The average molecular weight is 419 g/mol. The van der Waals surface area contributed by atoms with Crippen LogP contribution < -0.4 is 16.0 Å². The summed E-state index contributed by atoms with van der Waals surface area (Å²) in [5.74, 6) is 0.462. The van der Waals surface area contributed by atoms with Crippen LogP contribution in [0.5, 0.6) is 0 Å². The Bertz CT molecular complexity index is 674. The highest BCUT2D eigenvalue weighted by Crippen LogP contribution is 2.24. The van der Waals surface area contributed by atoms with Gasteiger partial charge >= 0.3 is 0 Å². The van der Waals surface area contributed by atoms with Gasteiger partial charge in [-0.2, -0.15) is 0 Å². The molecule has 1 aliphatic rings. The summed E-state index contributed by atoms with van der Waals surface area (Å²) < 4.78 is 0. The molecule has 1 aliphatic carbocycles. The Labute approximate surface area is 177 Å². The second kappa shape index (κ2) is 14.8. The van der Waals surface area contributed by atoms with Crippen LogP contribution in [-0.2, 0) is 4.79 Å². The first kappa shape index (κ1) is 24.9. The number of rotatable bonds is 6. The number of hydrogen-bond donors (Lipinski definition) is 5. The van der Waals surface area contributed by atoms with E-state index in [0.717, 1.165) is 19.4 Å². The van der Waals surface area contributed by atoms with Gasteiger partial charge in [-0.1, -0.05) is 12.8 Å². The standard InChI is InChI=1S/C8H15NO.C7H10N2O.C6H9N3O/c1-2-9-8(10)7-5-3-4-6-7;1-2-9-7(10)6-3-4-8-5-6;1-2-8-6(10)5-3-7-4-9-5/h7H,2-6H2,1H3,(H,9,10);3-5,8H,2H2,1H3,(H,9,10);3-4H,2H2,1H3,(H,7,9)(H,8,10). The molecule has 9 nitrogen and oxygen atoms in total. The maximum absolute atomic E-state index is 11.1. The number of H-pyrrole nitrogens is 2. The monoisotopic (exact) mass is 418 g/mol. The Kier molecular flexibility index (Phi) is 12.3. The number of aromatic amines is 2. The van der Waals surface area contributed by atoms with Crippen molar-refractivity contribution in [1.29, 1.82) is 0 Å². The van der Waals surface area contributed by atoms with Crippen molar-refractivity contribution in [1.82, 2.24) is 30.9 Å². The molecule has 0 spiro atoms. The maximum Gasteiger partial charge on any atom is 0.269 e. The van der Waals surface area contributed by atoms with Crippen molar-refractivity contribution < 1.29 is 14.4 Å². The summed E-state index contributed by atoms with van der Waals surface area (Å²) in [6.07, 6.45) is 11.0. The molecule has 2 aromatic rings. The third-order valence-electron chi connectivity index (χ3n) is 4.35. The van der Waals surface area contributed by atoms with Crippen molar-refractivity contribution in [3.8, 4) is 0 Å². The SMILES string of the molecule is CCNC(=O)C1CCCC1.CCNC(=O)c1cc[nH]c1.CCNC(=O)c1cnc[nH]1. The average Bonchev–Trinajstić information content (AvgIpc) is 3.53. The fourth-order valence-electron chi connectivity index (χ4n) is 2.87. The Morgan fingerprint density at radius 2 is 1.63 bits per heavy atom. The molecule has 9 heteroatoms. The van der Waals surface area contributed by atoms with Crippen molar-refractivity contribution in [2.24, 2.45) is 5.92 Å². The van der Waals surface area contributed by atoms with Gasteiger partial charge in [0.2, 0.25) is 5.91 Å². The molecule has 3 amide bonds. The third-order valence-corrected chi connectivity index (χ3v) is 4.35. The zero-order valence-electron chi connectivity index (χ0n) is 18.1. The molecule has 0 aliphatic heterocycles. The third kappa shape index (κ3) is 9.40. The van der Waals surface area contributed by atoms with Crippen molar-refractivity contribution in [2.75, 3.05) is 19.6 Å². The zero-order chi connectivity index (χ0) is 22.2. The lowest BCUT2D eigenvalue weighted by molar-refractivity contribution is -0.124. The van der Waals surface area contributed by atoms with Crippen molar-refractivity contribution in [3.05, 3.63) is 42.2 Å². The molecule has 1 fully saturated rings. The Morgan fingerprint density at radius 1 is 1.00 bits per heavy atom. The van der Waals surface area contributed by atoms with Gasteiger partial charge in [0.15, 0.2) is 0 Å². The van der Waals surface area contributed by atoms with Gasteiger partial charge in [0.1, 0.15) is 5.69 Å². The number of carbonyl (C=O) groups excluding carboxylic acids is 3. The predicted molar refractivity (Wildman–Crippen MR) is 116 cm³/mol. The molecule has 0 atom stereocenters. The van der Waals surface area contributed by atoms with E-state index in [1.807, 2.05) is 20.8 Å². The maximum atomic E-state index is 11.1. The van der Waals surface area contributed by atoms with Gasteiger partial charge in [0.05, 0.1) is 18.1 Å². The molecule has 0 saturated heterocycles. The summed E-state index contributed by atoms with van der Waals surface area (Å²) in [5.41, 5.74) is 1.18. The van der Waals surface area contributed by atoms with E-state index < -0.39 is 0 Å². The van der Waals surface area contributed by atoms with E-state index in [1.165, 1.54) is 25.4 Å². The van der Waals surface area contributed by atoms with Gasteiger partial charge < -0.3 is 25.9 Å². The molecule has 0 aromatic carbocycles. The molecule has 0 unspecified atom stereocenters. The number of nitrogens with one attached hydrogen (secondary N) is 5. The molecule has 30 heavy (non-hydrogen) atoms. The lowest BCUT2D eigenvalue weighted by Crippen LogP contribution is -2.28. The first-order chi connectivity index (χ1) is 14.5. The smallest absolute Gasteiger partial charge is 0.269 e. The molecule has 3 rings (SSSR count). The molecular formula is C21H34N6O3. The fraction of sp³-hybridized carbons (Fsp3) is 0.524. The van der Waals surface area contributed by atoms with Gasteiger partial charge in [-0.3, -0.25) is 14.4 Å². The highest BCUT2D eigenvalue weighted by atomic mass is 16.2. The van der Waals surface area contributed by atoms with Crippen LogP contribution >= 0.6 is 0 Å². The summed E-state index contributed by atoms with van der Waals surface area (Å²) >= 11 is 0. The van der Waals surface area contributed by atoms with Gasteiger partial charge in [0.25, 0.3) is 11.8 Å². The first-order valence-electron chi connectivity index (χ1n) is 10.5. The van der Waals surface area contributed by atoms with Crippen LogP contribution in [0.2, 0.25) is 0 Å². The number of carbonyl (C=O) groups is 3. The summed E-state index contributed by atoms with van der Waals surface area (Å²) in [7, 11) is 0. The Morgan fingerprint density at radius 3 is 2.13 bits per heavy atom. The van der Waals surface area contributed by atoms with Crippen LogP contribution in [0.15, 0.2) is 31.0 Å². The van der Waals surface area contributed by atoms with E-state index in [4.69, 9.17) is 0 Å². The van der Waals surface area contributed by atoms with E-state index in [0.29, 0.717) is 30.3 Å². The lowest BCUT2D eigenvalue weighted by atomic mass is 10.1. The number of imidazole rings is 1. The van der Waals surface area contributed by atoms with Crippen molar-refractivity contribution in [3.63, 3.8) is 0 Å². The normalized spacial score (nSPS) is 12.6. The largest absolute Gasteiger partial charge is 0.367 e. The Balaban J connectivity index is 0.000000225. The fourth-order valence-corrected chi connectivity index (χ4v) is 2.87. The number of amides is 3. The molecular weight excluding hydrogens is 384 g/mol. The molecule has 1 saturated carbocycles. The van der Waals surface area contributed by atoms with Crippen LogP contribution in [-0.4, -0.2) is 52.3 Å². The van der Waals surface area contributed by atoms with Crippen molar-refractivity contribution >= 4 is 17.7 Å². The van der Waals surface area contributed by atoms with Crippen LogP contribution in [0.25, 0.3) is 0 Å². The number of nitrogens with zero attached hydrogens (tertiary/aromatic N) is 1. The predicted octanol–water partition coefficient (Wildman–Crippen LogP) is 2.24. The topological polar surface area (TPSA) is 132 Å². The zero-order valence-corrected chi connectivity index (χ0v) is 18.1. The minimum atomic E-state index is -0.111. The molecule has 0 radical (unpaired) electrons. The summed E-state index contributed by atoms with van der Waals surface area (Å²) in [4.78, 5) is 42.2. The molecule has 0 bridgehead atoms. The van der Waals surface area contributed by atoms with Gasteiger partial charge in [-0.15, -0.1) is 0 Å². The molecule has 2 heterocycles. The van der Waals surface area contributed by atoms with Crippen LogP contribution in [0.4, 0.5) is 0 Å². The molecule has 5 N–H and O–H groups in total. The summed E-state index contributed by atoms with van der Waals surface area (Å²) in [6.45, 7) is 7.81. The number of hydrogen-bond acceptors (Lipinski definition) is 4. The first-order valence-corrected chi connectivity index (χ1v) is 10.5. The van der Waals surface area contributed by atoms with E-state index in [1.54, 1.807) is 18.5 Å². The van der Waals surface area contributed by atoms with Crippen molar-refractivity contribution in [2.45, 2.75) is 46.5 Å². The number of aromatic nitrogens is 3. The molecule has 166 valence electrons. The van der Waals surface area contributed by atoms with Gasteiger partial charge in [0, 0.05) is 37.9 Å². The van der Waals surface area contributed by atoms with Gasteiger partial charge in [-0.05, 0) is 39.7 Å². The quantitative estimate of drug-likeness (QED) is 0.492. The minimum Gasteiger partial charge on any atom is -0.367 e. The molecule has 2 aromatic heterocycles. The van der Waals surface area contributed by atoms with Crippen LogP contribution in [0.1, 0.15) is 67.3 Å². The summed E-state index contributed by atoms with van der Waals surface area (Å²) in [5, 5.41) is 8.18. The highest BCUT2D eigenvalue weighted by Gasteiger charge is 2.21.